The van der Waals surface area contributed by atoms with Gasteiger partial charge in [0.15, 0.2) is 0 Å². The lowest BCUT2D eigenvalue weighted by molar-refractivity contribution is 0.563. The van der Waals surface area contributed by atoms with E-state index < -0.39 is 16.1 Å². The number of nitrogens with zero attached hydrogens (tertiary/aromatic N) is 1. The fraction of sp³-hybridized carbons (Fsp3) is 0.214. The van der Waals surface area contributed by atoms with Gasteiger partial charge in [0.25, 0.3) is 0 Å². The minimum Gasteiger partial charge on any atom is -0.260 e. The number of aromatic nitrogens is 1. The maximum atomic E-state index is 12.4. The molecule has 0 spiro atoms. The molecule has 1 atom stereocenters. The Hall–Kier alpha value is -1.43. The topological polar surface area (TPSA) is 59.1 Å². The molecule has 106 valence electrons. The van der Waals surface area contributed by atoms with Crippen molar-refractivity contribution in [2.45, 2.75) is 24.8 Å². The van der Waals surface area contributed by atoms with Crippen LogP contribution in [0.2, 0.25) is 5.02 Å². The van der Waals surface area contributed by atoms with Gasteiger partial charge < -0.3 is 0 Å². The zero-order valence-corrected chi connectivity index (χ0v) is 12.7. The molecule has 2 aromatic rings. The first kappa shape index (κ1) is 15.0. The standard InChI is InChI=1S/C14H15ClN2O2S/c1-10-12(15)6-5-8-14(10)20(18,19)17-11(2)13-7-3-4-9-16-13/h3-9,11,17H,1-2H3. The summed E-state index contributed by atoms with van der Waals surface area (Å²) < 4.78 is 27.4. The molecule has 0 amide bonds. The van der Waals surface area contributed by atoms with E-state index >= 15 is 0 Å². The Morgan fingerprint density at radius 1 is 1.20 bits per heavy atom. The fourth-order valence-electron chi connectivity index (χ4n) is 1.87. The summed E-state index contributed by atoms with van der Waals surface area (Å²) in [5, 5.41) is 0.429. The number of hydrogen-bond acceptors (Lipinski definition) is 3. The summed E-state index contributed by atoms with van der Waals surface area (Å²) in [4.78, 5) is 4.33. The minimum absolute atomic E-state index is 0.188. The molecule has 1 N–H and O–H groups in total. The van der Waals surface area contributed by atoms with Gasteiger partial charge in [0, 0.05) is 11.2 Å². The molecule has 0 fully saturated rings. The Balaban J connectivity index is 2.30. The average Bonchev–Trinajstić information content (AvgIpc) is 2.42. The first-order valence-corrected chi connectivity index (χ1v) is 7.96. The number of rotatable bonds is 4. The summed E-state index contributed by atoms with van der Waals surface area (Å²) in [6, 6.07) is 9.78. The van der Waals surface area contributed by atoms with Crippen molar-refractivity contribution in [1.82, 2.24) is 9.71 Å². The molecule has 0 saturated carbocycles. The third-order valence-electron chi connectivity index (χ3n) is 2.97. The average molecular weight is 311 g/mol. The van der Waals surface area contributed by atoms with Crippen LogP contribution in [-0.4, -0.2) is 13.4 Å². The van der Waals surface area contributed by atoms with E-state index in [-0.39, 0.29) is 4.90 Å². The van der Waals surface area contributed by atoms with Crippen molar-refractivity contribution < 1.29 is 8.42 Å². The summed E-state index contributed by atoms with van der Waals surface area (Å²) in [7, 11) is -3.64. The van der Waals surface area contributed by atoms with Crippen LogP contribution in [0.4, 0.5) is 0 Å². The van der Waals surface area contributed by atoms with E-state index in [4.69, 9.17) is 11.6 Å². The second kappa shape index (κ2) is 5.91. The molecule has 1 aromatic carbocycles. The van der Waals surface area contributed by atoms with Crippen LogP contribution in [0.5, 0.6) is 0 Å². The van der Waals surface area contributed by atoms with Crippen molar-refractivity contribution >= 4 is 21.6 Å². The van der Waals surface area contributed by atoms with Gasteiger partial charge in [0.05, 0.1) is 16.6 Å². The molecular weight excluding hydrogens is 296 g/mol. The molecule has 0 aliphatic rings. The number of benzene rings is 1. The number of hydrogen-bond donors (Lipinski definition) is 1. The van der Waals surface area contributed by atoms with Gasteiger partial charge in [-0.25, -0.2) is 13.1 Å². The van der Waals surface area contributed by atoms with Gasteiger partial charge in [0.1, 0.15) is 0 Å². The second-order valence-electron chi connectivity index (χ2n) is 4.46. The Morgan fingerprint density at radius 3 is 2.60 bits per heavy atom. The largest absolute Gasteiger partial charge is 0.260 e. The molecule has 0 bridgehead atoms. The van der Waals surface area contributed by atoms with Gasteiger partial charge in [-0.15, -0.1) is 0 Å². The third-order valence-corrected chi connectivity index (χ3v) is 5.07. The first-order chi connectivity index (χ1) is 9.42. The van der Waals surface area contributed by atoms with Crippen LogP contribution in [0, 0.1) is 6.92 Å². The lowest BCUT2D eigenvalue weighted by atomic mass is 10.2. The highest BCUT2D eigenvalue weighted by Gasteiger charge is 2.21. The molecule has 1 heterocycles. The van der Waals surface area contributed by atoms with E-state index in [2.05, 4.69) is 9.71 Å². The molecule has 0 radical (unpaired) electrons. The van der Waals surface area contributed by atoms with Gasteiger partial charge >= 0.3 is 0 Å². The maximum Gasteiger partial charge on any atom is 0.241 e. The van der Waals surface area contributed by atoms with E-state index in [0.29, 0.717) is 16.3 Å². The number of sulfonamides is 1. The smallest absolute Gasteiger partial charge is 0.241 e. The maximum absolute atomic E-state index is 12.4. The van der Waals surface area contributed by atoms with Gasteiger partial charge in [-0.05, 0) is 43.7 Å². The third kappa shape index (κ3) is 3.17. The van der Waals surface area contributed by atoms with E-state index in [1.54, 1.807) is 44.3 Å². The normalized spacial score (nSPS) is 13.2. The highest BCUT2D eigenvalue weighted by atomic mass is 35.5. The number of nitrogens with one attached hydrogen (secondary N) is 1. The molecule has 0 aliphatic carbocycles. The zero-order chi connectivity index (χ0) is 14.8. The van der Waals surface area contributed by atoms with Crippen molar-refractivity contribution in [3.8, 4) is 0 Å². The van der Waals surface area contributed by atoms with Gasteiger partial charge in [-0.1, -0.05) is 23.7 Å². The molecule has 1 unspecified atom stereocenters. The van der Waals surface area contributed by atoms with Gasteiger partial charge in [-0.2, -0.15) is 0 Å². The zero-order valence-electron chi connectivity index (χ0n) is 11.2. The van der Waals surface area contributed by atoms with Crippen LogP contribution in [0.15, 0.2) is 47.5 Å². The summed E-state index contributed by atoms with van der Waals surface area (Å²) in [5.74, 6) is 0. The lowest BCUT2D eigenvalue weighted by Crippen LogP contribution is -2.28. The number of halogens is 1. The van der Waals surface area contributed by atoms with Gasteiger partial charge in [0.2, 0.25) is 10.0 Å². The quantitative estimate of drug-likeness (QED) is 0.944. The minimum atomic E-state index is -3.64. The molecule has 4 nitrogen and oxygen atoms in total. The summed E-state index contributed by atoms with van der Waals surface area (Å²) >= 11 is 5.97. The highest BCUT2D eigenvalue weighted by Crippen LogP contribution is 2.24. The monoisotopic (exact) mass is 310 g/mol. The van der Waals surface area contributed by atoms with E-state index in [1.165, 1.54) is 6.07 Å². The second-order valence-corrected chi connectivity index (χ2v) is 6.55. The first-order valence-electron chi connectivity index (χ1n) is 6.10. The molecule has 6 heteroatoms. The van der Waals surface area contributed by atoms with Crippen LogP contribution in [0.3, 0.4) is 0 Å². The predicted molar refractivity (Wildman–Crippen MR) is 79.2 cm³/mol. The Morgan fingerprint density at radius 2 is 1.95 bits per heavy atom. The predicted octanol–water partition coefficient (Wildman–Crippen LogP) is 3.08. The Labute approximate surface area is 123 Å². The van der Waals surface area contributed by atoms with Crippen molar-refractivity contribution in [1.29, 1.82) is 0 Å². The summed E-state index contributed by atoms with van der Waals surface area (Å²) in [6.45, 7) is 3.43. The Bertz CT molecular complexity index is 702. The SMILES string of the molecule is Cc1c(Cl)cccc1S(=O)(=O)NC(C)c1ccccn1. The molecular formula is C14H15ClN2O2S. The molecule has 2 rings (SSSR count). The van der Waals surface area contributed by atoms with Crippen molar-refractivity contribution in [3.05, 3.63) is 58.9 Å². The van der Waals surface area contributed by atoms with E-state index in [9.17, 15) is 8.42 Å². The summed E-state index contributed by atoms with van der Waals surface area (Å²) in [5.41, 5.74) is 1.20. The van der Waals surface area contributed by atoms with Crippen molar-refractivity contribution in [2.75, 3.05) is 0 Å². The van der Waals surface area contributed by atoms with E-state index in [1.807, 2.05) is 6.07 Å². The van der Waals surface area contributed by atoms with Crippen LogP contribution in [0.25, 0.3) is 0 Å². The van der Waals surface area contributed by atoms with Crippen molar-refractivity contribution in [3.63, 3.8) is 0 Å². The fourth-order valence-corrected chi connectivity index (χ4v) is 3.58. The van der Waals surface area contributed by atoms with Crippen LogP contribution in [0.1, 0.15) is 24.2 Å². The summed E-state index contributed by atoms with van der Waals surface area (Å²) in [6.07, 6.45) is 1.63. The van der Waals surface area contributed by atoms with Gasteiger partial charge in [-0.3, -0.25) is 4.98 Å². The van der Waals surface area contributed by atoms with Crippen LogP contribution >= 0.6 is 11.6 Å². The Kier molecular flexibility index (Phi) is 4.42. The van der Waals surface area contributed by atoms with E-state index in [0.717, 1.165) is 0 Å². The molecule has 0 aliphatic heterocycles. The molecule has 20 heavy (non-hydrogen) atoms. The van der Waals surface area contributed by atoms with Crippen LogP contribution in [-0.2, 0) is 10.0 Å². The molecule has 1 aromatic heterocycles. The van der Waals surface area contributed by atoms with Crippen molar-refractivity contribution in [2.24, 2.45) is 0 Å². The highest BCUT2D eigenvalue weighted by molar-refractivity contribution is 7.89. The lowest BCUT2D eigenvalue weighted by Gasteiger charge is -2.15. The number of pyridine rings is 1. The van der Waals surface area contributed by atoms with Crippen LogP contribution < -0.4 is 4.72 Å². The molecule has 0 saturated heterocycles.